The minimum atomic E-state index is -0.00824. The average Bonchev–Trinajstić information content (AvgIpc) is 2.85. The zero-order valence-electron chi connectivity index (χ0n) is 9.45. The van der Waals surface area contributed by atoms with Crippen molar-refractivity contribution in [1.29, 1.82) is 0 Å². The minimum Gasteiger partial charge on any atom is -0.322 e. The second-order valence-electron chi connectivity index (χ2n) is 3.90. The SMILES string of the molecule is CCC(C(N)c1ccccc1)n1cccn1. The van der Waals surface area contributed by atoms with Gasteiger partial charge in [-0.2, -0.15) is 5.10 Å². The van der Waals surface area contributed by atoms with Crippen LogP contribution >= 0.6 is 0 Å². The second kappa shape index (κ2) is 4.94. The van der Waals surface area contributed by atoms with Crippen molar-refractivity contribution in [2.24, 2.45) is 5.73 Å². The summed E-state index contributed by atoms with van der Waals surface area (Å²) in [7, 11) is 0. The van der Waals surface area contributed by atoms with E-state index in [1.165, 1.54) is 0 Å². The van der Waals surface area contributed by atoms with Gasteiger partial charge in [0.1, 0.15) is 0 Å². The molecule has 0 aliphatic heterocycles. The molecule has 0 fully saturated rings. The predicted molar refractivity (Wildman–Crippen MR) is 64.9 cm³/mol. The zero-order valence-corrected chi connectivity index (χ0v) is 9.45. The molecule has 0 radical (unpaired) electrons. The van der Waals surface area contributed by atoms with Gasteiger partial charge in [-0.3, -0.25) is 4.68 Å². The highest BCUT2D eigenvalue weighted by atomic mass is 15.3. The number of hydrogen-bond acceptors (Lipinski definition) is 2. The van der Waals surface area contributed by atoms with Crippen molar-refractivity contribution in [3.8, 4) is 0 Å². The van der Waals surface area contributed by atoms with Gasteiger partial charge in [0.15, 0.2) is 0 Å². The smallest absolute Gasteiger partial charge is 0.0709 e. The van der Waals surface area contributed by atoms with E-state index >= 15 is 0 Å². The molecule has 3 nitrogen and oxygen atoms in total. The Hall–Kier alpha value is -1.61. The topological polar surface area (TPSA) is 43.8 Å². The van der Waals surface area contributed by atoms with Gasteiger partial charge in [-0.25, -0.2) is 0 Å². The fourth-order valence-electron chi connectivity index (χ4n) is 1.98. The van der Waals surface area contributed by atoms with Crippen molar-refractivity contribution in [2.75, 3.05) is 0 Å². The standard InChI is InChI=1S/C13H17N3/c1-2-12(16-10-6-9-15-16)13(14)11-7-4-3-5-8-11/h3-10,12-13H,2,14H2,1H3. The molecule has 1 aromatic carbocycles. The van der Waals surface area contributed by atoms with E-state index < -0.39 is 0 Å². The van der Waals surface area contributed by atoms with E-state index in [0.717, 1.165) is 12.0 Å². The fourth-order valence-corrected chi connectivity index (χ4v) is 1.98. The third-order valence-electron chi connectivity index (χ3n) is 2.88. The lowest BCUT2D eigenvalue weighted by molar-refractivity contribution is 0.373. The molecule has 2 atom stereocenters. The molecule has 16 heavy (non-hydrogen) atoms. The van der Waals surface area contributed by atoms with Gasteiger partial charge >= 0.3 is 0 Å². The van der Waals surface area contributed by atoms with Crippen LogP contribution in [0.1, 0.15) is 31.0 Å². The number of nitrogens with zero attached hydrogens (tertiary/aromatic N) is 2. The number of hydrogen-bond donors (Lipinski definition) is 1. The third-order valence-corrected chi connectivity index (χ3v) is 2.88. The summed E-state index contributed by atoms with van der Waals surface area (Å²) in [4.78, 5) is 0. The maximum absolute atomic E-state index is 6.28. The second-order valence-corrected chi connectivity index (χ2v) is 3.90. The van der Waals surface area contributed by atoms with Gasteiger partial charge in [0, 0.05) is 12.4 Å². The summed E-state index contributed by atoms with van der Waals surface area (Å²) in [5, 5.41) is 4.27. The van der Waals surface area contributed by atoms with Gasteiger partial charge in [-0.15, -0.1) is 0 Å². The summed E-state index contributed by atoms with van der Waals surface area (Å²) in [6.07, 6.45) is 4.73. The van der Waals surface area contributed by atoms with Gasteiger partial charge in [-0.1, -0.05) is 37.3 Å². The molecule has 2 unspecified atom stereocenters. The van der Waals surface area contributed by atoms with Crippen LogP contribution in [0.15, 0.2) is 48.8 Å². The van der Waals surface area contributed by atoms with Crippen LogP contribution in [-0.2, 0) is 0 Å². The molecule has 0 amide bonds. The van der Waals surface area contributed by atoms with Crippen molar-refractivity contribution >= 4 is 0 Å². The van der Waals surface area contributed by atoms with Crippen molar-refractivity contribution in [3.05, 3.63) is 54.4 Å². The summed E-state index contributed by atoms with van der Waals surface area (Å²) in [5.74, 6) is 0. The first-order valence-corrected chi connectivity index (χ1v) is 5.62. The normalized spacial score (nSPS) is 14.6. The van der Waals surface area contributed by atoms with E-state index in [1.807, 2.05) is 35.1 Å². The van der Waals surface area contributed by atoms with Crippen LogP contribution in [0.5, 0.6) is 0 Å². The molecule has 0 saturated heterocycles. The lowest BCUT2D eigenvalue weighted by Gasteiger charge is -2.23. The largest absolute Gasteiger partial charge is 0.322 e. The highest BCUT2D eigenvalue weighted by Gasteiger charge is 2.19. The maximum Gasteiger partial charge on any atom is 0.0709 e. The zero-order chi connectivity index (χ0) is 11.4. The lowest BCUT2D eigenvalue weighted by atomic mass is 9.98. The van der Waals surface area contributed by atoms with E-state index in [4.69, 9.17) is 5.73 Å². The first-order chi connectivity index (χ1) is 7.83. The van der Waals surface area contributed by atoms with Crippen LogP contribution in [-0.4, -0.2) is 9.78 Å². The van der Waals surface area contributed by atoms with Crippen molar-refractivity contribution in [1.82, 2.24) is 9.78 Å². The molecule has 0 bridgehead atoms. The van der Waals surface area contributed by atoms with Gasteiger partial charge in [0.05, 0.1) is 12.1 Å². The Bertz CT molecular complexity index is 408. The Morgan fingerprint density at radius 2 is 2.00 bits per heavy atom. The molecule has 3 heteroatoms. The molecule has 0 spiro atoms. The lowest BCUT2D eigenvalue weighted by Crippen LogP contribution is -2.24. The number of rotatable bonds is 4. The quantitative estimate of drug-likeness (QED) is 0.851. The highest BCUT2D eigenvalue weighted by Crippen LogP contribution is 2.25. The Kier molecular flexibility index (Phi) is 3.37. The van der Waals surface area contributed by atoms with Crippen LogP contribution < -0.4 is 5.73 Å². The Morgan fingerprint density at radius 3 is 2.56 bits per heavy atom. The first kappa shape index (κ1) is 10.9. The van der Waals surface area contributed by atoms with Crippen LogP contribution in [0.25, 0.3) is 0 Å². The van der Waals surface area contributed by atoms with Gasteiger partial charge in [-0.05, 0) is 18.1 Å². The van der Waals surface area contributed by atoms with E-state index in [1.54, 1.807) is 6.20 Å². The molecule has 0 aliphatic carbocycles. The van der Waals surface area contributed by atoms with Crippen molar-refractivity contribution in [3.63, 3.8) is 0 Å². The number of benzene rings is 1. The fraction of sp³-hybridized carbons (Fsp3) is 0.308. The van der Waals surface area contributed by atoms with Gasteiger partial charge < -0.3 is 5.73 Å². The average molecular weight is 215 g/mol. The molecule has 0 aliphatic rings. The summed E-state index contributed by atoms with van der Waals surface area (Å²) in [6, 6.07) is 12.3. The molecule has 2 aromatic rings. The number of aromatic nitrogens is 2. The van der Waals surface area contributed by atoms with E-state index in [2.05, 4.69) is 24.2 Å². The monoisotopic (exact) mass is 215 g/mol. The van der Waals surface area contributed by atoms with Crippen LogP contribution in [0.3, 0.4) is 0 Å². The highest BCUT2D eigenvalue weighted by molar-refractivity contribution is 5.19. The first-order valence-electron chi connectivity index (χ1n) is 5.62. The molecule has 2 rings (SSSR count). The molecular formula is C13H17N3. The summed E-state index contributed by atoms with van der Waals surface area (Å²) >= 11 is 0. The molecular weight excluding hydrogens is 198 g/mol. The van der Waals surface area contributed by atoms with Crippen LogP contribution in [0.4, 0.5) is 0 Å². The molecule has 1 heterocycles. The Labute approximate surface area is 95.9 Å². The van der Waals surface area contributed by atoms with E-state index in [-0.39, 0.29) is 12.1 Å². The molecule has 0 saturated carbocycles. The third kappa shape index (κ3) is 2.14. The van der Waals surface area contributed by atoms with Crippen LogP contribution in [0, 0.1) is 0 Å². The summed E-state index contributed by atoms with van der Waals surface area (Å²) in [5.41, 5.74) is 7.44. The molecule has 2 N–H and O–H groups in total. The van der Waals surface area contributed by atoms with Gasteiger partial charge in [0.25, 0.3) is 0 Å². The van der Waals surface area contributed by atoms with Crippen molar-refractivity contribution in [2.45, 2.75) is 25.4 Å². The maximum atomic E-state index is 6.28. The molecule has 1 aromatic heterocycles. The number of nitrogens with two attached hydrogens (primary N) is 1. The van der Waals surface area contributed by atoms with Gasteiger partial charge in [0.2, 0.25) is 0 Å². The summed E-state index contributed by atoms with van der Waals surface area (Å²) < 4.78 is 1.94. The van der Waals surface area contributed by atoms with Crippen molar-refractivity contribution < 1.29 is 0 Å². The summed E-state index contributed by atoms with van der Waals surface area (Å²) in [6.45, 7) is 2.13. The van der Waals surface area contributed by atoms with E-state index in [0.29, 0.717) is 0 Å². The predicted octanol–water partition coefficient (Wildman–Crippen LogP) is 2.53. The van der Waals surface area contributed by atoms with Crippen LogP contribution in [0.2, 0.25) is 0 Å². The Balaban J connectivity index is 2.23. The Morgan fingerprint density at radius 1 is 1.25 bits per heavy atom. The van der Waals surface area contributed by atoms with E-state index in [9.17, 15) is 0 Å². The molecule has 84 valence electrons. The minimum absolute atomic E-state index is 0.00824.